The van der Waals surface area contributed by atoms with E-state index in [-0.39, 0.29) is 0 Å². The molecule has 108 valence electrons. The van der Waals surface area contributed by atoms with Gasteiger partial charge in [-0.2, -0.15) is 4.31 Å². The molecule has 0 aromatic heterocycles. The van der Waals surface area contributed by atoms with Gasteiger partial charge in [0.2, 0.25) is 10.0 Å². The summed E-state index contributed by atoms with van der Waals surface area (Å²) in [6, 6.07) is 0.539. The average Bonchev–Trinajstić information content (AvgIpc) is 2.33. The van der Waals surface area contributed by atoms with Gasteiger partial charge in [-0.3, -0.25) is 4.90 Å². The lowest BCUT2D eigenvalue weighted by Gasteiger charge is -2.38. The summed E-state index contributed by atoms with van der Waals surface area (Å²) in [5.41, 5.74) is 0. The van der Waals surface area contributed by atoms with Crippen LogP contribution in [0.15, 0.2) is 0 Å². The topological polar surface area (TPSA) is 52.6 Å². The Bertz CT molecular complexity index is 324. The van der Waals surface area contributed by atoms with E-state index in [1.165, 1.54) is 19.1 Å². The monoisotopic (exact) mass is 277 g/mol. The van der Waals surface area contributed by atoms with E-state index in [1.54, 1.807) is 4.31 Å². The molecule has 1 aliphatic rings. The summed E-state index contributed by atoms with van der Waals surface area (Å²) in [4.78, 5) is 2.42. The van der Waals surface area contributed by atoms with E-state index < -0.39 is 10.0 Å². The summed E-state index contributed by atoms with van der Waals surface area (Å²) >= 11 is 0. The first kappa shape index (κ1) is 15.9. The van der Waals surface area contributed by atoms with E-state index in [0.717, 1.165) is 26.2 Å². The number of rotatable bonds is 7. The molecule has 0 bridgehead atoms. The van der Waals surface area contributed by atoms with Crippen molar-refractivity contribution in [3.8, 4) is 0 Å². The average molecular weight is 277 g/mol. The van der Waals surface area contributed by atoms with Crippen LogP contribution in [0.5, 0.6) is 0 Å². The van der Waals surface area contributed by atoms with Gasteiger partial charge in [-0.15, -0.1) is 0 Å². The molecule has 0 aliphatic carbocycles. The fourth-order valence-corrected chi connectivity index (χ4v) is 3.28. The van der Waals surface area contributed by atoms with Gasteiger partial charge in [0.05, 0.1) is 6.26 Å². The van der Waals surface area contributed by atoms with Gasteiger partial charge in [0.15, 0.2) is 0 Å². The van der Waals surface area contributed by atoms with Gasteiger partial charge >= 0.3 is 0 Å². The third-order valence-electron chi connectivity index (χ3n) is 3.51. The quantitative estimate of drug-likeness (QED) is 0.729. The maximum Gasteiger partial charge on any atom is 0.211 e. The van der Waals surface area contributed by atoms with Gasteiger partial charge in [-0.25, -0.2) is 8.42 Å². The van der Waals surface area contributed by atoms with Crippen LogP contribution >= 0.6 is 0 Å². The number of hydrogen-bond donors (Lipinski definition) is 1. The molecular formula is C12H27N3O2S. The van der Waals surface area contributed by atoms with Crippen molar-refractivity contribution >= 4 is 10.0 Å². The number of likely N-dealkylation sites (N-methyl/N-ethyl adjacent to an activating group) is 1. The van der Waals surface area contributed by atoms with Gasteiger partial charge in [0, 0.05) is 38.8 Å². The molecule has 0 amide bonds. The van der Waals surface area contributed by atoms with Crippen LogP contribution in [0.1, 0.15) is 26.7 Å². The lowest BCUT2D eigenvalue weighted by atomic mass is 10.1. The van der Waals surface area contributed by atoms with Crippen molar-refractivity contribution in [2.24, 2.45) is 0 Å². The van der Waals surface area contributed by atoms with Crippen LogP contribution in [0.2, 0.25) is 0 Å². The fraction of sp³-hybridized carbons (Fsp3) is 1.00. The molecule has 0 saturated carbocycles. The molecule has 1 fully saturated rings. The molecule has 1 N–H and O–H groups in total. The zero-order chi connectivity index (χ0) is 13.6. The Morgan fingerprint density at radius 1 is 1.17 bits per heavy atom. The van der Waals surface area contributed by atoms with Gasteiger partial charge in [0.25, 0.3) is 0 Å². The predicted octanol–water partition coefficient (Wildman–Crippen LogP) is 0.342. The molecule has 1 rings (SSSR count). The fourth-order valence-electron chi connectivity index (χ4n) is 2.46. The molecule has 0 radical (unpaired) electrons. The number of nitrogens with zero attached hydrogens (tertiary/aromatic N) is 2. The zero-order valence-corrected chi connectivity index (χ0v) is 12.7. The van der Waals surface area contributed by atoms with Gasteiger partial charge in [-0.1, -0.05) is 20.3 Å². The Labute approximate surface area is 112 Å². The number of hydrogen-bond acceptors (Lipinski definition) is 4. The molecule has 5 nitrogen and oxygen atoms in total. The number of nitrogens with one attached hydrogen (secondary N) is 1. The van der Waals surface area contributed by atoms with E-state index in [4.69, 9.17) is 0 Å². The Kier molecular flexibility index (Phi) is 6.55. The maximum atomic E-state index is 11.5. The third kappa shape index (κ3) is 4.84. The predicted molar refractivity (Wildman–Crippen MR) is 75.2 cm³/mol. The highest BCUT2D eigenvalue weighted by Crippen LogP contribution is 2.12. The first-order valence-corrected chi connectivity index (χ1v) is 8.73. The number of piperazine rings is 1. The van der Waals surface area contributed by atoms with Crippen LogP contribution in [0, 0.1) is 0 Å². The van der Waals surface area contributed by atoms with E-state index in [2.05, 4.69) is 24.1 Å². The minimum absolute atomic E-state index is 0.539. The highest BCUT2D eigenvalue weighted by Gasteiger charge is 2.26. The van der Waals surface area contributed by atoms with Crippen molar-refractivity contribution in [1.29, 1.82) is 0 Å². The van der Waals surface area contributed by atoms with Crippen LogP contribution < -0.4 is 5.32 Å². The summed E-state index contributed by atoms with van der Waals surface area (Å²) in [5.74, 6) is 0. The molecule has 0 spiro atoms. The van der Waals surface area contributed by atoms with Crippen LogP contribution in [-0.4, -0.2) is 69.2 Å². The Hall–Kier alpha value is -0.170. The second kappa shape index (κ2) is 7.43. The Morgan fingerprint density at radius 3 is 2.22 bits per heavy atom. The summed E-state index contributed by atoms with van der Waals surface area (Å²) < 4.78 is 24.5. The third-order valence-corrected chi connectivity index (χ3v) is 4.81. The molecule has 1 saturated heterocycles. The summed E-state index contributed by atoms with van der Waals surface area (Å²) in [6.45, 7) is 9.27. The van der Waals surface area contributed by atoms with Crippen molar-refractivity contribution in [3.05, 3.63) is 0 Å². The minimum Gasteiger partial charge on any atom is -0.315 e. The molecule has 1 heterocycles. The van der Waals surface area contributed by atoms with Gasteiger partial charge in [-0.05, 0) is 13.0 Å². The standard InChI is InChI=1S/C12H27N3O2S/c1-4-6-12(11-13-5-2)14-7-9-15(10-8-14)18(3,16)17/h12-13H,4-11H2,1-3H3. The summed E-state index contributed by atoms with van der Waals surface area (Å²) in [5, 5.41) is 3.40. The minimum atomic E-state index is -3.01. The Balaban J connectivity index is 2.48. The molecule has 18 heavy (non-hydrogen) atoms. The van der Waals surface area contributed by atoms with E-state index >= 15 is 0 Å². The van der Waals surface area contributed by atoms with Crippen LogP contribution in [-0.2, 0) is 10.0 Å². The second-order valence-corrected chi connectivity index (χ2v) is 6.93. The molecular weight excluding hydrogens is 250 g/mol. The lowest BCUT2D eigenvalue weighted by molar-refractivity contribution is 0.129. The molecule has 1 aliphatic heterocycles. The zero-order valence-electron chi connectivity index (χ0n) is 11.9. The van der Waals surface area contributed by atoms with Crippen LogP contribution in [0.25, 0.3) is 0 Å². The van der Waals surface area contributed by atoms with Crippen molar-refractivity contribution in [3.63, 3.8) is 0 Å². The summed E-state index contributed by atoms with van der Waals surface area (Å²) in [7, 11) is -3.01. The van der Waals surface area contributed by atoms with Crippen LogP contribution in [0.4, 0.5) is 0 Å². The highest BCUT2D eigenvalue weighted by atomic mass is 32.2. The number of sulfonamides is 1. The smallest absolute Gasteiger partial charge is 0.211 e. The van der Waals surface area contributed by atoms with Crippen molar-refractivity contribution < 1.29 is 8.42 Å². The SMILES string of the molecule is CCCC(CNCC)N1CCN(S(C)(=O)=O)CC1. The van der Waals surface area contributed by atoms with Crippen LogP contribution in [0.3, 0.4) is 0 Å². The van der Waals surface area contributed by atoms with Crippen molar-refractivity contribution in [2.75, 3.05) is 45.5 Å². The van der Waals surface area contributed by atoms with E-state index in [0.29, 0.717) is 19.1 Å². The maximum absolute atomic E-state index is 11.5. The molecule has 0 aromatic carbocycles. The van der Waals surface area contributed by atoms with E-state index in [9.17, 15) is 8.42 Å². The summed E-state index contributed by atoms with van der Waals surface area (Å²) in [6.07, 6.45) is 3.64. The molecule has 1 unspecified atom stereocenters. The largest absolute Gasteiger partial charge is 0.315 e. The van der Waals surface area contributed by atoms with Gasteiger partial charge < -0.3 is 5.32 Å². The van der Waals surface area contributed by atoms with Gasteiger partial charge in [0.1, 0.15) is 0 Å². The first-order valence-electron chi connectivity index (χ1n) is 6.89. The lowest BCUT2D eigenvalue weighted by Crippen LogP contribution is -2.53. The Morgan fingerprint density at radius 2 is 1.78 bits per heavy atom. The van der Waals surface area contributed by atoms with Crippen molar-refractivity contribution in [1.82, 2.24) is 14.5 Å². The van der Waals surface area contributed by atoms with Crippen molar-refractivity contribution in [2.45, 2.75) is 32.7 Å². The highest BCUT2D eigenvalue weighted by molar-refractivity contribution is 7.88. The second-order valence-electron chi connectivity index (χ2n) is 4.95. The molecule has 1 atom stereocenters. The molecule has 0 aromatic rings. The van der Waals surface area contributed by atoms with E-state index in [1.807, 2.05) is 0 Å². The first-order chi connectivity index (χ1) is 8.49. The normalized spacial score (nSPS) is 21.1. The molecule has 6 heteroatoms.